The van der Waals surface area contributed by atoms with Gasteiger partial charge in [-0.1, -0.05) is 6.07 Å². The fourth-order valence-electron chi connectivity index (χ4n) is 5.56. The van der Waals surface area contributed by atoms with Crippen LogP contribution in [0.3, 0.4) is 0 Å². The number of methoxy groups -OCH3 is 2. The van der Waals surface area contributed by atoms with E-state index in [1.54, 1.807) is 23.9 Å². The first kappa shape index (κ1) is 29.4. The first-order chi connectivity index (χ1) is 19.0. The zero-order chi connectivity index (χ0) is 29.2. The molecule has 0 unspecified atom stereocenters. The Labute approximate surface area is 236 Å². The van der Waals surface area contributed by atoms with Crippen LogP contribution in [0.15, 0.2) is 36.5 Å². The smallest absolute Gasteiger partial charge is 0.419 e. The minimum absolute atomic E-state index is 0.00621. The number of carbonyl (C=O) groups is 2. The quantitative estimate of drug-likeness (QED) is 0.288. The van der Waals surface area contributed by atoms with E-state index in [4.69, 9.17) is 24.7 Å². The van der Waals surface area contributed by atoms with Crippen molar-refractivity contribution in [3.63, 3.8) is 0 Å². The second kappa shape index (κ2) is 11.9. The second-order valence-electron chi connectivity index (χ2n) is 11.2. The summed E-state index contributed by atoms with van der Waals surface area (Å²) in [4.78, 5) is 27.6. The van der Waals surface area contributed by atoms with Gasteiger partial charge in [0.1, 0.15) is 11.4 Å². The van der Waals surface area contributed by atoms with Crippen molar-refractivity contribution in [1.29, 1.82) is 0 Å². The van der Waals surface area contributed by atoms with Crippen molar-refractivity contribution in [2.45, 2.75) is 71.8 Å². The number of rotatable bonds is 7. The van der Waals surface area contributed by atoms with Gasteiger partial charge in [-0.15, -0.1) is 0 Å². The maximum Gasteiger partial charge on any atom is 0.419 e. The number of nitrogens with zero attached hydrogens (tertiary/aromatic N) is 2. The van der Waals surface area contributed by atoms with Crippen molar-refractivity contribution in [2.24, 2.45) is 0 Å². The van der Waals surface area contributed by atoms with E-state index in [-0.39, 0.29) is 12.1 Å². The summed E-state index contributed by atoms with van der Waals surface area (Å²) in [6.07, 6.45) is 3.12. The van der Waals surface area contributed by atoms with Crippen LogP contribution in [-0.4, -0.2) is 60.6 Å². The zero-order valence-electron chi connectivity index (χ0n) is 24.6. The van der Waals surface area contributed by atoms with Crippen LogP contribution in [-0.2, 0) is 20.8 Å². The molecule has 2 N–H and O–H groups in total. The van der Waals surface area contributed by atoms with Gasteiger partial charge in [-0.3, -0.25) is 9.47 Å². The molecule has 9 heteroatoms. The lowest BCUT2D eigenvalue weighted by atomic mass is 9.91. The van der Waals surface area contributed by atoms with Crippen LogP contribution in [0.5, 0.6) is 5.75 Å². The van der Waals surface area contributed by atoms with E-state index in [1.165, 1.54) is 7.11 Å². The molecular weight excluding hydrogens is 510 g/mol. The van der Waals surface area contributed by atoms with E-state index in [0.717, 1.165) is 52.7 Å². The second-order valence-corrected chi connectivity index (χ2v) is 11.2. The van der Waals surface area contributed by atoms with Gasteiger partial charge in [0.25, 0.3) is 0 Å². The standard InChI is InChI=1S/C31H41N3O6/c1-8-39-21-11-13-33(26(17-21)20-9-10-23(25(32)16-20)29(35)38-7)18-24-22-12-14-34(30(36)40-31(3,4)5)28(22)19(2)15-27(24)37-6/h9-10,12,14-16,21,26H,8,11,13,17-18,32H2,1-7H3/t21-,26-/m0/s1. The van der Waals surface area contributed by atoms with Gasteiger partial charge in [0.05, 0.1) is 31.4 Å². The molecule has 1 saturated heterocycles. The van der Waals surface area contributed by atoms with Crippen LogP contribution < -0.4 is 10.5 Å². The highest BCUT2D eigenvalue weighted by molar-refractivity contribution is 5.96. The van der Waals surface area contributed by atoms with Gasteiger partial charge in [0.2, 0.25) is 0 Å². The zero-order valence-corrected chi connectivity index (χ0v) is 24.6. The van der Waals surface area contributed by atoms with Gasteiger partial charge in [-0.2, -0.15) is 0 Å². The average Bonchev–Trinajstić information content (AvgIpc) is 3.36. The first-order valence-electron chi connectivity index (χ1n) is 13.7. The molecule has 2 atom stereocenters. The predicted octanol–water partition coefficient (Wildman–Crippen LogP) is 5.85. The Morgan fingerprint density at radius 1 is 1.12 bits per heavy atom. The number of benzene rings is 2. The molecule has 1 aliphatic heterocycles. The monoisotopic (exact) mass is 551 g/mol. The Hall–Kier alpha value is -3.56. The van der Waals surface area contributed by atoms with Crippen molar-refractivity contribution in [1.82, 2.24) is 9.47 Å². The number of piperidine rings is 1. The Balaban J connectivity index is 1.75. The number of esters is 1. The number of nitrogen functional groups attached to an aromatic ring is 1. The topological polar surface area (TPSA) is 105 Å². The minimum Gasteiger partial charge on any atom is -0.496 e. The third-order valence-electron chi connectivity index (χ3n) is 7.33. The molecule has 1 fully saturated rings. The Kier molecular flexibility index (Phi) is 8.75. The molecule has 0 radical (unpaired) electrons. The van der Waals surface area contributed by atoms with E-state index in [0.29, 0.717) is 24.4 Å². The summed E-state index contributed by atoms with van der Waals surface area (Å²) in [5.41, 5.74) is 10.1. The predicted molar refractivity (Wildman–Crippen MR) is 155 cm³/mol. The van der Waals surface area contributed by atoms with E-state index >= 15 is 0 Å². The molecule has 4 rings (SSSR count). The lowest BCUT2D eigenvalue weighted by Crippen LogP contribution is -2.39. The number of aryl methyl sites for hydroxylation is 1. The highest BCUT2D eigenvalue weighted by atomic mass is 16.6. The molecule has 2 aromatic carbocycles. The highest BCUT2D eigenvalue weighted by Crippen LogP contribution is 2.39. The Morgan fingerprint density at radius 2 is 1.88 bits per heavy atom. The number of anilines is 1. The van der Waals surface area contributed by atoms with Gasteiger partial charge in [-0.05, 0) is 82.9 Å². The van der Waals surface area contributed by atoms with Crippen molar-refractivity contribution < 1.29 is 28.5 Å². The highest BCUT2D eigenvalue weighted by Gasteiger charge is 2.32. The van der Waals surface area contributed by atoms with Gasteiger partial charge < -0.3 is 24.7 Å². The number of ether oxygens (including phenoxy) is 4. The fraction of sp³-hybridized carbons (Fsp3) is 0.484. The number of likely N-dealkylation sites (tertiary alicyclic amines) is 1. The summed E-state index contributed by atoms with van der Waals surface area (Å²) in [5, 5.41) is 0.939. The Bertz CT molecular complexity index is 1390. The maximum atomic E-state index is 13.0. The molecule has 2 heterocycles. The summed E-state index contributed by atoms with van der Waals surface area (Å²) in [7, 11) is 3.01. The summed E-state index contributed by atoms with van der Waals surface area (Å²) in [5.74, 6) is 0.302. The summed E-state index contributed by atoms with van der Waals surface area (Å²) < 4.78 is 24.0. The number of hydrogen-bond donors (Lipinski definition) is 1. The molecule has 0 spiro atoms. The van der Waals surface area contributed by atoms with Crippen LogP contribution in [0.1, 0.15) is 73.6 Å². The minimum atomic E-state index is -0.611. The van der Waals surface area contributed by atoms with Gasteiger partial charge >= 0.3 is 12.1 Å². The number of carbonyl (C=O) groups excluding carboxylic acids is 2. The molecule has 0 saturated carbocycles. The van der Waals surface area contributed by atoms with Crippen molar-refractivity contribution in [2.75, 3.05) is 33.1 Å². The summed E-state index contributed by atoms with van der Waals surface area (Å²) >= 11 is 0. The van der Waals surface area contributed by atoms with E-state index in [1.807, 2.05) is 58.9 Å². The molecule has 1 aliphatic rings. The molecule has 0 amide bonds. The number of aromatic nitrogens is 1. The number of hydrogen-bond acceptors (Lipinski definition) is 8. The molecule has 0 aliphatic carbocycles. The molecular formula is C31H41N3O6. The Morgan fingerprint density at radius 3 is 2.50 bits per heavy atom. The molecule has 40 heavy (non-hydrogen) atoms. The van der Waals surface area contributed by atoms with Crippen LogP contribution >= 0.6 is 0 Å². The third kappa shape index (κ3) is 6.10. The molecule has 9 nitrogen and oxygen atoms in total. The fourth-order valence-corrected chi connectivity index (χ4v) is 5.56. The van der Waals surface area contributed by atoms with E-state index in [9.17, 15) is 9.59 Å². The molecule has 3 aromatic rings. The van der Waals surface area contributed by atoms with Crippen LogP contribution in [0.2, 0.25) is 0 Å². The van der Waals surface area contributed by atoms with Gasteiger partial charge in [-0.25, -0.2) is 9.59 Å². The number of nitrogens with two attached hydrogens (primary N) is 1. The van der Waals surface area contributed by atoms with E-state index in [2.05, 4.69) is 4.90 Å². The van der Waals surface area contributed by atoms with Gasteiger partial charge in [0, 0.05) is 48.6 Å². The lowest BCUT2D eigenvalue weighted by molar-refractivity contribution is -0.0138. The van der Waals surface area contributed by atoms with Crippen LogP contribution in [0.4, 0.5) is 10.5 Å². The van der Waals surface area contributed by atoms with Gasteiger partial charge in [0.15, 0.2) is 0 Å². The lowest BCUT2D eigenvalue weighted by Gasteiger charge is -2.40. The maximum absolute atomic E-state index is 13.0. The van der Waals surface area contributed by atoms with Crippen LogP contribution in [0, 0.1) is 6.92 Å². The summed E-state index contributed by atoms with van der Waals surface area (Å²) in [6, 6.07) is 9.45. The first-order valence-corrected chi connectivity index (χ1v) is 13.7. The largest absolute Gasteiger partial charge is 0.496 e. The van der Waals surface area contributed by atoms with Crippen molar-refractivity contribution >= 4 is 28.7 Å². The average molecular weight is 552 g/mol. The SMILES string of the molecule is CCO[C@H]1CCN(Cc2c(OC)cc(C)c3c2ccn3C(=O)OC(C)(C)C)[C@H](c2ccc(C(=O)OC)c(N)c2)C1. The molecule has 216 valence electrons. The molecule has 0 bridgehead atoms. The van der Waals surface area contributed by atoms with E-state index < -0.39 is 17.7 Å². The molecule has 1 aromatic heterocycles. The van der Waals surface area contributed by atoms with Crippen molar-refractivity contribution in [3.05, 3.63) is 58.8 Å². The number of fused-ring (bicyclic) bond motifs is 1. The van der Waals surface area contributed by atoms with Crippen molar-refractivity contribution in [3.8, 4) is 5.75 Å². The third-order valence-corrected chi connectivity index (χ3v) is 7.33. The summed E-state index contributed by atoms with van der Waals surface area (Å²) in [6.45, 7) is 11.6. The normalized spacial score (nSPS) is 18.1. The van der Waals surface area contributed by atoms with Crippen LogP contribution in [0.25, 0.3) is 10.9 Å².